The van der Waals surface area contributed by atoms with Gasteiger partial charge in [0.05, 0.1) is 6.42 Å². The molecule has 0 radical (unpaired) electrons. The highest BCUT2D eigenvalue weighted by atomic mass is 16.7. The van der Waals surface area contributed by atoms with Crippen molar-refractivity contribution in [1.82, 2.24) is 9.97 Å². The number of nitrogens with two attached hydrogens (primary N) is 1. The first kappa shape index (κ1) is 17.4. The van der Waals surface area contributed by atoms with Crippen LogP contribution in [0.3, 0.4) is 0 Å². The number of rotatable bonds is 5. The van der Waals surface area contributed by atoms with Crippen molar-refractivity contribution in [3.05, 3.63) is 17.5 Å². The van der Waals surface area contributed by atoms with E-state index in [1.807, 2.05) is 19.9 Å². The molecule has 3 N–H and O–H groups in total. The molecule has 0 aliphatic rings. The van der Waals surface area contributed by atoms with Crippen LogP contribution < -0.4 is 11.3 Å². The minimum atomic E-state index is -0.373. The van der Waals surface area contributed by atoms with E-state index in [-0.39, 0.29) is 12.1 Å². The highest BCUT2D eigenvalue weighted by Gasteiger charge is 2.06. The van der Waals surface area contributed by atoms with E-state index in [2.05, 4.69) is 15.4 Å². The Morgan fingerprint density at radius 1 is 1.32 bits per heavy atom. The molecule has 0 aliphatic carbocycles. The summed E-state index contributed by atoms with van der Waals surface area (Å²) in [6.45, 7) is 5.30. The highest BCUT2D eigenvalue weighted by Crippen LogP contribution is 2.00. The Morgan fingerprint density at radius 3 is 2.05 bits per heavy atom. The number of anilines is 1. The van der Waals surface area contributed by atoms with Gasteiger partial charge in [0.2, 0.25) is 5.95 Å². The van der Waals surface area contributed by atoms with E-state index in [1.54, 1.807) is 0 Å². The Hall–Kier alpha value is -1.57. The van der Waals surface area contributed by atoms with Gasteiger partial charge in [-0.05, 0) is 26.8 Å². The molecule has 1 aromatic heterocycles. The molecule has 0 unspecified atom stereocenters. The number of ketones is 1. The third-order valence-electron chi connectivity index (χ3n) is 2.09. The van der Waals surface area contributed by atoms with Crippen molar-refractivity contribution in [3.63, 3.8) is 0 Å². The van der Waals surface area contributed by atoms with Crippen molar-refractivity contribution >= 4 is 11.7 Å². The van der Waals surface area contributed by atoms with Crippen LogP contribution in [-0.4, -0.2) is 36.3 Å². The fourth-order valence-electron chi connectivity index (χ4n) is 1.29. The zero-order chi connectivity index (χ0) is 14.8. The summed E-state index contributed by atoms with van der Waals surface area (Å²) in [6.07, 6.45) is -0.0463. The number of nitrogens with zero attached hydrogens (tertiary/aromatic N) is 2. The van der Waals surface area contributed by atoms with Gasteiger partial charge in [-0.3, -0.25) is 10.2 Å². The summed E-state index contributed by atoms with van der Waals surface area (Å²) in [6, 6.07) is 1.89. The molecule has 0 fully saturated rings. The number of nitrogen functional groups attached to an aromatic ring is 1. The maximum Gasteiger partial charge on any atom is 0.237 e. The second kappa shape index (κ2) is 9.37. The van der Waals surface area contributed by atoms with Gasteiger partial charge in [-0.25, -0.2) is 15.8 Å². The molecule has 0 saturated carbocycles. The van der Waals surface area contributed by atoms with Gasteiger partial charge < -0.3 is 9.47 Å². The van der Waals surface area contributed by atoms with Crippen LogP contribution in [-0.2, 0) is 14.3 Å². The molecule has 1 rings (SSSR count). The molecule has 0 spiro atoms. The van der Waals surface area contributed by atoms with Gasteiger partial charge in [0.15, 0.2) is 6.29 Å². The number of aromatic nitrogens is 2. The third-order valence-corrected chi connectivity index (χ3v) is 2.09. The molecule has 7 heteroatoms. The minimum Gasteiger partial charge on any atom is -0.355 e. The van der Waals surface area contributed by atoms with Crippen molar-refractivity contribution in [2.45, 2.75) is 33.5 Å². The Bertz CT molecular complexity index is 374. The molecule has 7 nitrogen and oxygen atoms in total. The molecule has 0 bridgehead atoms. The standard InChI is InChI=1S/C6H10N4.C6H12O3/c1-4-3-5(2)9-6(8-4)10-7;1-5(7)4-6(8-2)9-3/h3H,7H2,1-2H3,(H,8,9,10);6H,4H2,1-3H3. The Balaban J connectivity index is 0.000000344. The molecule has 0 aromatic carbocycles. The molecule has 1 heterocycles. The van der Waals surface area contributed by atoms with Crippen LogP contribution in [0.4, 0.5) is 5.95 Å². The highest BCUT2D eigenvalue weighted by molar-refractivity contribution is 5.75. The van der Waals surface area contributed by atoms with Gasteiger partial charge in [-0.15, -0.1) is 0 Å². The number of Topliss-reactive ketones (excluding diaryl/α,β-unsaturated/α-hetero) is 1. The molecule has 0 saturated heterocycles. The smallest absolute Gasteiger partial charge is 0.237 e. The van der Waals surface area contributed by atoms with E-state index >= 15 is 0 Å². The number of nitrogens with one attached hydrogen (secondary N) is 1. The maximum atomic E-state index is 10.4. The van der Waals surface area contributed by atoms with Crippen LogP contribution in [0.15, 0.2) is 6.07 Å². The van der Waals surface area contributed by atoms with Crippen LogP contribution in [0, 0.1) is 13.8 Å². The summed E-state index contributed by atoms with van der Waals surface area (Å²) in [5, 5.41) is 0. The number of ether oxygens (including phenoxy) is 2. The second-order valence-corrected chi connectivity index (χ2v) is 3.93. The topological polar surface area (TPSA) is 99.4 Å². The summed E-state index contributed by atoms with van der Waals surface area (Å²) in [4.78, 5) is 18.4. The number of methoxy groups -OCH3 is 2. The fraction of sp³-hybridized carbons (Fsp3) is 0.583. The summed E-state index contributed by atoms with van der Waals surface area (Å²) < 4.78 is 9.53. The average Bonchev–Trinajstić information content (AvgIpc) is 2.35. The monoisotopic (exact) mass is 270 g/mol. The molecule has 0 amide bonds. The quantitative estimate of drug-likeness (QED) is 0.467. The van der Waals surface area contributed by atoms with Crippen molar-refractivity contribution in [1.29, 1.82) is 0 Å². The maximum absolute atomic E-state index is 10.4. The number of hydrazine groups is 1. The molecule has 1 aromatic rings. The first-order chi connectivity index (χ1) is 8.92. The average molecular weight is 270 g/mol. The number of carbonyl (C=O) groups excluding carboxylic acids is 1. The minimum absolute atomic E-state index is 0.0729. The molecule has 0 atom stereocenters. The first-order valence-electron chi connectivity index (χ1n) is 5.76. The van der Waals surface area contributed by atoms with Crippen LogP contribution in [0.1, 0.15) is 24.7 Å². The van der Waals surface area contributed by atoms with Crippen molar-refractivity contribution in [3.8, 4) is 0 Å². The lowest BCUT2D eigenvalue weighted by Gasteiger charge is -2.09. The van der Waals surface area contributed by atoms with Crippen molar-refractivity contribution in [2.75, 3.05) is 19.6 Å². The Morgan fingerprint density at radius 2 is 1.79 bits per heavy atom. The predicted octanol–water partition coefficient (Wildman–Crippen LogP) is 0.963. The van der Waals surface area contributed by atoms with Gasteiger partial charge >= 0.3 is 0 Å². The molecular weight excluding hydrogens is 248 g/mol. The van der Waals surface area contributed by atoms with Crippen LogP contribution in [0.2, 0.25) is 0 Å². The zero-order valence-corrected chi connectivity index (χ0v) is 12.1. The van der Waals surface area contributed by atoms with E-state index in [4.69, 9.17) is 15.3 Å². The number of aryl methyl sites for hydroxylation is 2. The second-order valence-electron chi connectivity index (χ2n) is 3.93. The zero-order valence-electron chi connectivity index (χ0n) is 12.1. The van der Waals surface area contributed by atoms with E-state index < -0.39 is 0 Å². The summed E-state index contributed by atoms with van der Waals surface area (Å²) in [7, 11) is 3.02. The largest absolute Gasteiger partial charge is 0.355 e. The van der Waals surface area contributed by atoms with Crippen molar-refractivity contribution < 1.29 is 14.3 Å². The van der Waals surface area contributed by atoms with Crippen LogP contribution in [0.5, 0.6) is 0 Å². The lowest BCUT2D eigenvalue weighted by atomic mass is 10.3. The van der Waals surface area contributed by atoms with E-state index in [9.17, 15) is 4.79 Å². The van der Waals surface area contributed by atoms with Gasteiger partial charge in [-0.2, -0.15) is 0 Å². The lowest BCUT2D eigenvalue weighted by Crippen LogP contribution is -2.16. The summed E-state index contributed by atoms with van der Waals surface area (Å²) >= 11 is 0. The van der Waals surface area contributed by atoms with E-state index in [1.165, 1.54) is 21.1 Å². The predicted molar refractivity (Wildman–Crippen MR) is 72.4 cm³/mol. The van der Waals surface area contributed by atoms with E-state index in [0.29, 0.717) is 12.4 Å². The third kappa shape index (κ3) is 8.20. The van der Waals surface area contributed by atoms with Gasteiger partial charge in [-0.1, -0.05) is 0 Å². The number of hydrogen-bond donors (Lipinski definition) is 2. The van der Waals surface area contributed by atoms with Crippen molar-refractivity contribution in [2.24, 2.45) is 5.84 Å². The summed E-state index contributed by atoms with van der Waals surface area (Å²) in [5.74, 6) is 5.66. The molecular formula is C12H22N4O3. The van der Waals surface area contributed by atoms with Gasteiger partial charge in [0, 0.05) is 25.6 Å². The fourth-order valence-corrected chi connectivity index (χ4v) is 1.29. The molecule has 0 aliphatic heterocycles. The summed E-state index contributed by atoms with van der Waals surface area (Å²) in [5.41, 5.74) is 4.22. The lowest BCUT2D eigenvalue weighted by molar-refractivity contribution is -0.135. The molecule has 19 heavy (non-hydrogen) atoms. The SMILES string of the molecule is COC(CC(C)=O)OC.Cc1cc(C)nc(NN)n1. The normalized spacial score (nSPS) is 9.84. The van der Waals surface area contributed by atoms with Gasteiger partial charge in [0.1, 0.15) is 5.78 Å². The van der Waals surface area contributed by atoms with Crippen LogP contribution in [0.25, 0.3) is 0 Å². The Kier molecular flexibility index (Phi) is 8.60. The molecule has 108 valence electrons. The first-order valence-corrected chi connectivity index (χ1v) is 5.76. The number of hydrogen-bond acceptors (Lipinski definition) is 7. The number of carbonyl (C=O) groups is 1. The van der Waals surface area contributed by atoms with E-state index in [0.717, 1.165) is 11.4 Å². The van der Waals surface area contributed by atoms with Crippen LogP contribution >= 0.6 is 0 Å². The van der Waals surface area contributed by atoms with Gasteiger partial charge in [0.25, 0.3) is 0 Å². The Labute approximate surface area is 113 Å².